The summed E-state index contributed by atoms with van der Waals surface area (Å²) in [7, 11) is 1.62. The molecule has 0 heterocycles. The van der Waals surface area contributed by atoms with Crippen LogP contribution in [-0.2, 0) is 9.59 Å². The molecule has 24 heavy (non-hydrogen) atoms. The zero-order valence-electron chi connectivity index (χ0n) is 14.9. The van der Waals surface area contributed by atoms with E-state index in [9.17, 15) is 9.59 Å². The van der Waals surface area contributed by atoms with Crippen LogP contribution in [0, 0.1) is 12.8 Å². The first-order valence-electron chi connectivity index (χ1n) is 8.73. The smallest absolute Gasteiger partial charge is 0.239 e. The Labute approximate surface area is 144 Å². The second-order valence-electron chi connectivity index (χ2n) is 6.59. The predicted octanol–water partition coefficient (Wildman–Crippen LogP) is 2.88. The Morgan fingerprint density at radius 1 is 1.25 bits per heavy atom. The second-order valence-corrected chi connectivity index (χ2v) is 6.59. The van der Waals surface area contributed by atoms with E-state index >= 15 is 0 Å². The summed E-state index contributed by atoms with van der Waals surface area (Å²) in [5.41, 5.74) is 2.04. The molecule has 0 saturated heterocycles. The number of aryl methyl sites for hydroxylation is 1. The average molecular weight is 332 g/mol. The Morgan fingerprint density at radius 2 is 1.96 bits per heavy atom. The summed E-state index contributed by atoms with van der Waals surface area (Å²) >= 11 is 0. The highest BCUT2D eigenvalue weighted by atomic mass is 16.5. The zero-order valence-corrected chi connectivity index (χ0v) is 14.9. The summed E-state index contributed by atoms with van der Waals surface area (Å²) in [5, 5.41) is 5.69. The quantitative estimate of drug-likeness (QED) is 0.842. The fraction of sp³-hybridized carbons (Fsp3) is 0.579. The first-order chi connectivity index (χ1) is 11.5. The molecule has 0 radical (unpaired) electrons. The number of rotatable bonds is 6. The molecule has 1 unspecified atom stereocenters. The molecule has 0 spiro atoms. The molecule has 0 bridgehead atoms. The van der Waals surface area contributed by atoms with Gasteiger partial charge in [-0.15, -0.1) is 0 Å². The molecule has 1 aromatic rings. The van der Waals surface area contributed by atoms with Gasteiger partial charge in [-0.25, -0.2) is 0 Å². The molecule has 2 rings (SSSR count). The van der Waals surface area contributed by atoms with Gasteiger partial charge in [0.25, 0.3) is 0 Å². The molecular formula is C19H28N2O3. The van der Waals surface area contributed by atoms with Gasteiger partial charge >= 0.3 is 0 Å². The summed E-state index contributed by atoms with van der Waals surface area (Å²) in [6, 6.07) is 5.70. The minimum absolute atomic E-state index is 0.00522. The summed E-state index contributed by atoms with van der Waals surface area (Å²) in [6.45, 7) is 3.94. The van der Waals surface area contributed by atoms with Crippen LogP contribution in [0.4, 0.5) is 0 Å². The molecule has 1 saturated carbocycles. The molecule has 2 amide bonds. The molecule has 1 aliphatic carbocycles. The van der Waals surface area contributed by atoms with Gasteiger partial charge in [-0.1, -0.05) is 37.0 Å². The normalized spacial score (nSPS) is 16.3. The Morgan fingerprint density at radius 3 is 2.62 bits per heavy atom. The molecule has 1 fully saturated rings. The van der Waals surface area contributed by atoms with Crippen LogP contribution in [0.2, 0.25) is 0 Å². The third-order valence-electron chi connectivity index (χ3n) is 4.63. The lowest BCUT2D eigenvalue weighted by atomic mass is 9.89. The van der Waals surface area contributed by atoms with Crippen LogP contribution in [0.1, 0.15) is 56.2 Å². The van der Waals surface area contributed by atoms with Crippen molar-refractivity contribution < 1.29 is 14.3 Å². The zero-order chi connectivity index (χ0) is 17.5. The monoisotopic (exact) mass is 332 g/mol. The molecule has 1 aromatic carbocycles. The Bertz CT molecular complexity index is 580. The fourth-order valence-corrected chi connectivity index (χ4v) is 3.24. The van der Waals surface area contributed by atoms with E-state index < -0.39 is 0 Å². The van der Waals surface area contributed by atoms with Gasteiger partial charge in [0.05, 0.1) is 19.7 Å². The standard InChI is InChI=1S/C19H28N2O3/c1-13-9-10-17(24-3)16(11-13)14(2)21-18(22)12-20-19(23)15-7-5-4-6-8-15/h9-11,14-15H,4-8,12H2,1-3H3,(H,20,23)(H,21,22). The van der Waals surface area contributed by atoms with Gasteiger partial charge < -0.3 is 15.4 Å². The Hall–Kier alpha value is -2.04. The molecule has 0 aliphatic heterocycles. The van der Waals surface area contributed by atoms with Crippen molar-refractivity contribution in [2.75, 3.05) is 13.7 Å². The van der Waals surface area contributed by atoms with Crippen molar-refractivity contribution in [2.24, 2.45) is 5.92 Å². The van der Waals surface area contributed by atoms with Crippen molar-refractivity contribution >= 4 is 11.8 Å². The van der Waals surface area contributed by atoms with Crippen LogP contribution in [0.15, 0.2) is 18.2 Å². The molecule has 0 aromatic heterocycles. The molecule has 5 nitrogen and oxygen atoms in total. The lowest BCUT2D eigenvalue weighted by molar-refractivity contribution is -0.129. The van der Waals surface area contributed by atoms with Crippen molar-refractivity contribution in [1.82, 2.24) is 10.6 Å². The van der Waals surface area contributed by atoms with Crippen LogP contribution in [-0.4, -0.2) is 25.5 Å². The van der Waals surface area contributed by atoms with E-state index in [2.05, 4.69) is 10.6 Å². The van der Waals surface area contributed by atoms with Crippen molar-refractivity contribution in [3.8, 4) is 5.75 Å². The number of carbonyl (C=O) groups excluding carboxylic acids is 2. The van der Waals surface area contributed by atoms with E-state index in [0.717, 1.165) is 42.6 Å². The third-order valence-corrected chi connectivity index (χ3v) is 4.63. The highest BCUT2D eigenvalue weighted by Gasteiger charge is 2.21. The SMILES string of the molecule is COc1ccc(C)cc1C(C)NC(=O)CNC(=O)C1CCCCC1. The second kappa shape index (κ2) is 8.71. The lowest BCUT2D eigenvalue weighted by Crippen LogP contribution is -2.40. The van der Waals surface area contributed by atoms with Crippen molar-refractivity contribution in [3.05, 3.63) is 29.3 Å². The minimum Gasteiger partial charge on any atom is -0.496 e. The van der Waals surface area contributed by atoms with Gasteiger partial charge in [-0.2, -0.15) is 0 Å². The largest absolute Gasteiger partial charge is 0.496 e. The first kappa shape index (κ1) is 18.3. The number of methoxy groups -OCH3 is 1. The Kier molecular flexibility index (Phi) is 6.64. The maximum absolute atomic E-state index is 12.1. The molecule has 1 aliphatic rings. The van der Waals surface area contributed by atoms with Gasteiger partial charge in [0.1, 0.15) is 5.75 Å². The Balaban J connectivity index is 1.85. The van der Waals surface area contributed by atoms with E-state index in [0.29, 0.717) is 0 Å². The van der Waals surface area contributed by atoms with Crippen LogP contribution in [0.5, 0.6) is 5.75 Å². The average Bonchev–Trinajstić information content (AvgIpc) is 2.60. The molecule has 2 N–H and O–H groups in total. The van der Waals surface area contributed by atoms with E-state index in [-0.39, 0.29) is 30.3 Å². The molecule has 5 heteroatoms. The van der Waals surface area contributed by atoms with Gasteiger partial charge in [0.15, 0.2) is 0 Å². The summed E-state index contributed by atoms with van der Waals surface area (Å²) in [4.78, 5) is 24.2. The molecule has 1 atom stereocenters. The van der Waals surface area contributed by atoms with Crippen LogP contribution >= 0.6 is 0 Å². The summed E-state index contributed by atoms with van der Waals surface area (Å²) in [5.74, 6) is 0.640. The number of nitrogens with one attached hydrogen (secondary N) is 2. The lowest BCUT2D eigenvalue weighted by Gasteiger charge is -2.21. The van der Waals surface area contributed by atoms with Crippen LogP contribution < -0.4 is 15.4 Å². The molecular weight excluding hydrogens is 304 g/mol. The highest BCUT2D eigenvalue weighted by molar-refractivity contribution is 5.86. The minimum atomic E-state index is -0.185. The maximum atomic E-state index is 12.1. The number of ether oxygens (including phenoxy) is 1. The van der Waals surface area contributed by atoms with Crippen molar-refractivity contribution in [1.29, 1.82) is 0 Å². The first-order valence-corrected chi connectivity index (χ1v) is 8.73. The van der Waals surface area contributed by atoms with Crippen molar-refractivity contribution in [3.63, 3.8) is 0 Å². The van der Waals surface area contributed by atoms with E-state index in [1.165, 1.54) is 6.42 Å². The van der Waals surface area contributed by atoms with Crippen LogP contribution in [0.25, 0.3) is 0 Å². The predicted molar refractivity (Wildman–Crippen MR) is 93.9 cm³/mol. The van der Waals surface area contributed by atoms with Gasteiger partial charge in [0.2, 0.25) is 11.8 Å². The topological polar surface area (TPSA) is 67.4 Å². The van der Waals surface area contributed by atoms with E-state index in [4.69, 9.17) is 4.74 Å². The van der Waals surface area contributed by atoms with Crippen molar-refractivity contribution in [2.45, 2.75) is 52.0 Å². The van der Waals surface area contributed by atoms with Gasteiger partial charge in [-0.3, -0.25) is 9.59 Å². The molecule has 132 valence electrons. The van der Waals surface area contributed by atoms with Gasteiger partial charge in [0, 0.05) is 11.5 Å². The third kappa shape index (κ3) is 4.98. The van der Waals surface area contributed by atoms with Crippen LogP contribution in [0.3, 0.4) is 0 Å². The van der Waals surface area contributed by atoms with E-state index in [1.54, 1.807) is 7.11 Å². The highest BCUT2D eigenvalue weighted by Crippen LogP contribution is 2.26. The number of hydrogen-bond donors (Lipinski definition) is 2. The number of benzene rings is 1. The fourth-order valence-electron chi connectivity index (χ4n) is 3.24. The number of carbonyl (C=O) groups is 2. The maximum Gasteiger partial charge on any atom is 0.239 e. The number of amides is 2. The van der Waals surface area contributed by atoms with E-state index in [1.807, 2.05) is 32.0 Å². The summed E-state index contributed by atoms with van der Waals surface area (Å²) in [6.07, 6.45) is 5.29. The van der Waals surface area contributed by atoms with Gasteiger partial charge in [-0.05, 0) is 32.8 Å². The number of hydrogen-bond acceptors (Lipinski definition) is 3. The summed E-state index contributed by atoms with van der Waals surface area (Å²) < 4.78 is 5.36.